The van der Waals surface area contributed by atoms with Gasteiger partial charge < -0.3 is 24.8 Å². The van der Waals surface area contributed by atoms with Gasteiger partial charge >= 0.3 is 11.9 Å². The van der Waals surface area contributed by atoms with Crippen LogP contribution in [0.4, 0.5) is 0 Å². The molecule has 6 saturated carbocycles. The van der Waals surface area contributed by atoms with Crippen molar-refractivity contribution in [3.8, 4) is 11.8 Å². The quantitative estimate of drug-likeness (QED) is 0.135. The molecule has 15 atom stereocenters. The Kier molecular flexibility index (Phi) is 14.7. The van der Waals surface area contributed by atoms with E-state index in [4.69, 9.17) is 9.47 Å². The zero-order chi connectivity index (χ0) is 50.7. The highest BCUT2D eigenvalue weighted by molar-refractivity contribution is 8.76. The lowest BCUT2D eigenvalue weighted by atomic mass is 9.35. The molecular weight excluding hydrogens is 945 g/mol. The zero-order valence-corrected chi connectivity index (χ0v) is 46.1. The van der Waals surface area contributed by atoms with E-state index < -0.39 is 51.5 Å². The van der Waals surface area contributed by atoms with Crippen molar-refractivity contribution in [2.75, 3.05) is 18.1 Å². The predicted octanol–water partition coefficient (Wildman–Crippen LogP) is 13.1. The van der Waals surface area contributed by atoms with E-state index in [1.165, 1.54) is 62.5 Å². The first-order chi connectivity index (χ1) is 35.1. The number of aliphatic hydroxyl groups is 3. The van der Waals surface area contributed by atoms with Crippen LogP contribution < -0.4 is 0 Å². The van der Waals surface area contributed by atoms with Crippen LogP contribution in [0.5, 0.6) is 0 Å². The van der Waals surface area contributed by atoms with Gasteiger partial charge in [0, 0.05) is 36.3 Å². The summed E-state index contributed by atoms with van der Waals surface area (Å²) in [4.78, 5) is 28.9. The molecule has 7 fully saturated rings. The molecule has 0 radical (unpaired) electrons. The van der Waals surface area contributed by atoms with Crippen molar-refractivity contribution < 1.29 is 34.4 Å². The first-order valence-corrected chi connectivity index (χ1v) is 31.6. The first-order valence-electron chi connectivity index (χ1n) is 29.1. The lowest BCUT2D eigenvalue weighted by Crippen LogP contribution is -2.79. The van der Waals surface area contributed by atoms with Crippen LogP contribution in [0.25, 0.3) is 0 Å². The summed E-state index contributed by atoms with van der Waals surface area (Å²) in [6.07, 6.45) is 20.6. The molecule has 3 spiro atoms. The number of cyclic esters (lactones) is 1. The molecular formula is C64H86O7S2. The molecule has 73 heavy (non-hydrogen) atoms. The van der Waals surface area contributed by atoms with Gasteiger partial charge in [0.25, 0.3) is 0 Å². The third kappa shape index (κ3) is 9.43. The molecule has 0 aromatic heterocycles. The fourth-order valence-electron chi connectivity index (χ4n) is 18.9. The van der Waals surface area contributed by atoms with Crippen molar-refractivity contribution in [2.45, 2.75) is 199 Å². The molecule has 3 heterocycles. The highest BCUT2D eigenvalue weighted by atomic mass is 33.1. The third-order valence-corrected chi connectivity index (χ3v) is 25.1. The van der Waals surface area contributed by atoms with Crippen molar-refractivity contribution in [1.29, 1.82) is 0 Å². The number of carbonyl (C=O) groups excluding carboxylic acids is 2. The van der Waals surface area contributed by atoms with Gasteiger partial charge in [-0.1, -0.05) is 115 Å². The Morgan fingerprint density at radius 2 is 1.42 bits per heavy atom. The van der Waals surface area contributed by atoms with Crippen molar-refractivity contribution in [2.24, 2.45) is 68.0 Å². The second-order valence-electron chi connectivity index (χ2n) is 26.8. The number of esters is 2. The van der Waals surface area contributed by atoms with Crippen LogP contribution in [-0.4, -0.2) is 69.3 Å². The highest BCUT2D eigenvalue weighted by Crippen LogP contribution is 2.74. The summed E-state index contributed by atoms with van der Waals surface area (Å²) in [7, 11) is 3.90. The van der Waals surface area contributed by atoms with Gasteiger partial charge in [0.1, 0.15) is 12.7 Å². The number of aliphatic hydroxyl groups excluding tert-OH is 2. The standard InChI is InChI=1S/C64H86O7S2/c1-44-17-20-53(65)64-54(66)23-28-59(3,50-22-29-61(38-50)32-31-60(43-61)25-10-11-26-60)56(64)52-39-58(2,63(64,69)30-21-48-36-55(67)70-40-48)24-12-27-62(57(68)71-52)37-47(34-45-13-6-4-7-14-45)18-19-51(62)42-73-72-41-49(33-44)35-46-15-8-5-9-16-46/h4-9,13-16,36,44,47,49-54,56,65-66,69H,10-11,17-23,25-35,37-43H2,1-3H3/t44-,47-,49+,50-,51-,52-,53-,54+,56+,58+,59+,61+,62-,63-,64+/m1/s1. The van der Waals surface area contributed by atoms with Crippen LogP contribution in [0.15, 0.2) is 72.3 Å². The zero-order valence-electron chi connectivity index (χ0n) is 44.4. The summed E-state index contributed by atoms with van der Waals surface area (Å²) in [5.74, 6) is 9.62. The number of benzene rings is 2. The number of ether oxygens (including phenoxy) is 2. The Morgan fingerprint density at radius 3 is 2.15 bits per heavy atom. The fourth-order valence-corrected chi connectivity index (χ4v) is 21.8. The smallest absolute Gasteiger partial charge is 0.331 e. The Labute approximate surface area is 445 Å². The molecule has 7 nitrogen and oxygen atoms in total. The topological polar surface area (TPSA) is 113 Å². The molecule has 1 saturated heterocycles. The van der Waals surface area contributed by atoms with E-state index in [2.05, 4.69) is 93.3 Å². The van der Waals surface area contributed by atoms with Gasteiger partial charge in [-0.25, -0.2) is 4.79 Å². The van der Waals surface area contributed by atoms with E-state index in [9.17, 15) is 20.1 Å². The van der Waals surface area contributed by atoms with E-state index >= 15 is 4.79 Å². The largest absolute Gasteiger partial charge is 0.462 e. The summed E-state index contributed by atoms with van der Waals surface area (Å²) < 4.78 is 13.0. The predicted molar refractivity (Wildman–Crippen MR) is 293 cm³/mol. The van der Waals surface area contributed by atoms with E-state index in [0.717, 1.165) is 74.9 Å². The maximum atomic E-state index is 16.3. The molecule has 2 aromatic carbocycles. The van der Waals surface area contributed by atoms with Gasteiger partial charge in [-0.3, -0.25) is 4.79 Å². The Morgan fingerprint density at radius 1 is 0.726 bits per heavy atom. The van der Waals surface area contributed by atoms with Gasteiger partial charge in [-0.05, 0) is 198 Å². The average Bonchev–Trinajstić information content (AvgIpc) is 4.21. The molecule has 396 valence electrons. The second kappa shape index (κ2) is 20.6. The maximum absolute atomic E-state index is 16.3. The molecule has 9 heteroatoms. The molecule has 0 amide bonds. The molecule has 6 aliphatic carbocycles. The summed E-state index contributed by atoms with van der Waals surface area (Å²) >= 11 is 0. The Balaban J connectivity index is 1.06. The van der Waals surface area contributed by atoms with Crippen LogP contribution >= 0.6 is 21.6 Å². The molecule has 9 aliphatic rings. The normalized spacial score (nSPS) is 43.5. The molecule has 3 N–H and O–H groups in total. The van der Waals surface area contributed by atoms with E-state index in [0.29, 0.717) is 49.9 Å². The summed E-state index contributed by atoms with van der Waals surface area (Å²) in [5.41, 5.74) is -1.48. The van der Waals surface area contributed by atoms with E-state index in [-0.39, 0.29) is 54.1 Å². The van der Waals surface area contributed by atoms with Gasteiger partial charge in [0.15, 0.2) is 0 Å². The number of rotatable bonds is 8. The van der Waals surface area contributed by atoms with Crippen molar-refractivity contribution in [3.63, 3.8) is 0 Å². The fraction of sp³-hybridized carbons (Fsp3) is 0.719. The molecule has 4 bridgehead atoms. The third-order valence-electron chi connectivity index (χ3n) is 22.5. The Hall–Kier alpha value is -2.74. The number of fused-ring (bicyclic) bond motifs is 2. The van der Waals surface area contributed by atoms with Crippen LogP contribution in [0.2, 0.25) is 0 Å². The van der Waals surface area contributed by atoms with Crippen molar-refractivity contribution >= 4 is 33.5 Å². The first kappa shape index (κ1) is 52.3. The lowest BCUT2D eigenvalue weighted by Gasteiger charge is -2.71. The summed E-state index contributed by atoms with van der Waals surface area (Å²) in [6, 6.07) is 21.6. The monoisotopic (exact) mass is 1030 g/mol. The van der Waals surface area contributed by atoms with Crippen molar-refractivity contribution in [1.82, 2.24) is 0 Å². The van der Waals surface area contributed by atoms with Gasteiger partial charge in [0.05, 0.1) is 34.1 Å². The molecule has 11 rings (SSSR count). The average molecular weight is 1030 g/mol. The minimum atomic E-state index is -1.72. The van der Waals surface area contributed by atoms with Crippen LogP contribution in [0, 0.1) is 79.8 Å². The maximum Gasteiger partial charge on any atom is 0.331 e. The molecule has 3 aliphatic heterocycles. The Bertz CT molecular complexity index is 2410. The summed E-state index contributed by atoms with van der Waals surface area (Å²) in [6.45, 7) is 7.02. The summed E-state index contributed by atoms with van der Waals surface area (Å²) in [5, 5.41) is 42.1. The van der Waals surface area contributed by atoms with Crippen molar-refractivity contribution in [3.05, 3.63) is 83.4 Å². The number of hydrogen-bond donors (Lipinski definition) is 3. The highest BCUT2D eigenvalue weighted by Gasteiger charge is 2.78. The van der Waals surface area contributed by atoms with Gasteiger partial charge in [-0.15, -0.1) is 5.92 Å². The van der Waals surface area contributed by atoms with E-state index in [1.54, 1.807) is 6.08 Å². The van der Waals surface area contributed by atoms with Gasteiger partial charge in [-0.2, -0.15) is 0 Å². The minimum absolute atomic E-state index is 0.0520. The van der Waals surface area contributed by atoms with Crippen LogP contribution in [-0.2, 0) is 31.9 Å². The van der Waals surface area contributed by atoms with Crippen LogP contribution in [0.3, 0.4) is 0 Å². The minimum Gasteiger partial charge on any atom is -0.462 e. The molecule has 2 aromatic rings. The van der Waals surface area contributed by atoms with E-state index in [1.807, 2.05) is 21.6 Å². The van der Waals surface area contributed by atoms with Gasteiger partial charge in [0.2, 0.25) is 0 Å². The molecule has 0 unspecified atom stereocenters. The van der Waals surface area contributed by atoms with Crippen LogP contribution in [0.1, 0.15) is 173 Å². The lowest BCUT2D eigenvalue weighted by molar-refractivity contribution is -0.338. The second-order valence-corrected chi connectivity index (χ2v) is 29.3. The number of carbonyl (C=O) groups is 2. The number of hydrogen-bond acceptors (Lipinski definition) is 9. The SMILES string of the molecule is C[C@@H]1CC[C@@H](O)[C@]23[C@@H](O)CC[C@@](C)([C@@H]4CC[C@]5(CCC6(CCCC6)C5)C4)[C@@H]2[C@H]2C[C@](C)(C#CC[C@]4(C[C@@H](Cc5ccccc5)CC[C@@H]4CSSC[C@H](Cc4ccccc4)C1)C(=O)O2)[C@]3(O)CCC1=CC(=O)OC1.